The molecule has 6 heteroatoms. The van der Waals surface area contributed by atoms with Gasteiger partial charge in [-0.2, -0.15) is 5.10 Å². The lowest BCUT2D eigenvalue weighted by atomic mass is 10.3. The van der Waals surface area contributed by atoms with Gasteiger partial charge in [-0.15, -0.1) is 0 Å². The van der Waals surface area contributed by atoms with Crippen LogP contribution in [-0.4, -0.2) is 21.3 Å². The Morgan fingerprint density at radius 2 is 2.44 bits per heavy atom. The molecule has 0 radical (unpaired) electrons. The fourth-order valence-electron chi connectivity index (χ4n) is 1.29. The van der Waals surface area contributed by atoms with Crippen molar-refractivity contribution in [1.29, 1.82) is 0 Å². The minimum absolute atomic E-state index is 0.209. The van der Waals surface area contributed by atoms with Crippen molar-refractivity contribution in [3.63, 3.8) is 0 Å². The van der Waals surface area contributed by atoms with Crippen LogP contribution in [0.5, 0.6) is 0 Å². The zero-order chi connectivity index (χ0) is 11.5. The molecule has 0 unspecified atom stereocenters. The molecule has 0 spiro atoms. The van der Waals surface area contributed by atoms with Gasteiger partial charge in [0.1, 0.15) is 0 Å². The normalized spacial score (nSPS) is 10.4. The molecule has 84 valence electrons. The minimum Gasteiger partial charge on any atom is -0.351 e. The molecule has 0 saturated carbocycles. The number of rotatable bonds is 3. The van der Waals surface area contributed by atoms with Crippen LogP contribution >= 0.6 is 0 Å². The number of carbonyl (C=O) groups is 1. The lowest BCUT2D eigenvalue weighted by Crippen LogP contribution is -2.12. The van der Waals surface area contributed by atoms with Gasteiger partial charge in [0.15, 0.2) is 5.82 Å². The van der Waals surface area contributed by atoms with E-state index in [0.29, 0.717) is 11.4 Å². The van der Waals surface area contributed by atoms with Gasteiger partial charge in [-0.05, 0) is 13.3 Å². The Labute approximate surface area is 92.0 Å². The van der Waals surface area contributed by atoms with Crippen LogP contribution in [0.3, 0.4) is 0 Å². The molecule has 2 heterocycles. The Hall–Kier alpha value is -2.11. The Bertz CT molecular complexity index is 500. The maximum absolute atomic E-state index is 11.7. The third kappa shape index (κ3) is 1.95. The van der Waals surface area contributed by atoms with Crippen LogP contribution in [0.4, 0.5) is 5.82 Å². The second-order valence-electron chi connectivity index (χ2n) is 3.42. The number of aromatic amines is 1. The summed E-state index contributed by atoms with van der Waals surface area (Å²) >= 11 is 0. The largest absolute Gasteiger partial charge is 0.351 e. The summed E-state index contributed by atoms with van der Waals surface area (Å²) in [5.74, 6) is 0.350. The number of nitrogens with zero attached hydrogens (tertiary/aromatic N) is 2. The van der Waals surface area contributed by atoms with E-state index in [9.17, 15) is 4.79 Å². The Morgan fingerprint density at radius 3 is 3.00 bits per heavy atom. The Balaban J connectivity index is 2.11. The first-order valence-electron chi connectivity index (χ1n) is 4.97. The van der Waals surface area contributed by atoms with Gasteiger partial charge in [-0.3, -0.25) is 9.89 Å². The van der Waals surface area contributed by atoms with Gasteiger partial charge in [-0.25, -0.2) is 0 Å². The van der Waals surface area contributed by atoms with E-state index in [1.165, 1.54) is 6.20 Å². The van der Waals surface area contributed by atoms with Crippen molar-refractivity contribution < 1.29 is 9.32 Å². The lowest BCUT2D eigenvalue weighted by Gasteiger charge is -1.97. The number of carbonyl (C=O) groups excluding carboxylic acids is 1. The number of hydrogen-bond donors (Lipinski definition) is 2. The quantitative estimate of drug-likeness (QED) is 0.821. The molecule has 0 aliphatic carbocycles. The van der Waals surface area contributed by atoms with Gasteiger partial charge in [-0.1, -0.05) is 12.1 Å². The summed E-state index contributed by atoms with van der Waals surface area (Å²) in [6.45, 7) is 3.76. The highest BCUT2D eigenvalue weighted by Gasteiger charge is 2.15. The smallest absolute Gasteiger partial charge is 0.295 e. The molecule has 0 aliphatic heterocycles. The van der Waals surface area contributed by atoms with Crippen LogP contribution in [0.15, 0.2) is 16.8 Å². The molecule has 0 atom stereocenters. The number of anilines is 1. The number of nitrogens with one attached hydrogen (secondary N) is 2. The molecule has 2 aromatic rings. The van der Waals surface area contributed by atoms with Crippen molar-refractivity contribution in [3.05, 3.63) is 29.3 Å². The van der Waals surface area contributed by atoms with E-state index in [2.05, 4.69) is 20.7 Å². The highest BCUT2D eigenvalue weighted by Crippen LogP contribution is 2.10. The number of aromatic nitrogens is 3. The molecule has 1 amide bonds. The summed E-state index contributed by atoms with van der Waals surface area (Å²) in [5, 5.41) is 12.9. The highest BCUT2D eigenvalue weighted by molar-refractivity contribution is 6.02. The van der Waals surface area contributed by atoms with E-state index in [0.717, 1.165) is 12.1 Å². The molecule has 0 aliphatic rings. The minimum atomic E-state index is -0.343. The number of H-pyrrole nitrogens is 1. The van der Waals surface area contributed by atoms with E-state index >= 15 is 0 Å². The summed E-state index contributed by atoms with van der Waals surface area (Å²) in [4.78, 5) is 11.7. The molecule has 6 nitrogen and oxygen atoms in total. The summed E-state index contributed by atoms with van der Waals surface area (Å²) in [6, 6.07) is 1.78. The Kier molecular flexibility index (Phi) is 2.72. The van der Waals surface area contributed by atoms with Crippen LogP contribution in [0.25, 0.3) is 0 Å². The van der Waals surface area contributed by atoms with Crippen molar-refractivity contribution in [1.82, 2.24) is 15.4 Å². The third-order valence-corrected chi connectivity index (χ3v) is 2.21. The number of hydrogen-bond acceptors (Lipinski definition) is 4. The van der Waals surface area contributed by atoms with Crippen LogP contribution in [0.1, 0.15) is 28.7 Å². The van der Waals surface area contributed by atoms with Crippen LogP contribution in [0, 0.1) is 6.92 Å². The molecule has 0 fully saturated rings. The average molecular weight is 220 g/mol. The molecule has 0 aromatic carbocycles. The van der Waals surface area contributed by atoms with E-state index in [4.69, 9.17) is 4.52 Å². The zero-order valence-corrected chi connectivity index (χ0v) is 9.07. The first kappa shape index (κ1) is 10.4. The van der Waals surface area contributed by atoms with Gasteiger partial charge in [0.05, 0.1) is 6.20 Å². The van der Waals surface area contributed by atoms with Crippen LogP contribution in [-0.2, 0) is 6.42 Å². The molecule has 2 N–H and O–H groups in total. The first-order valence-corrected chi connectivity index (χ1v) is 4.97. The monoisotopic (exact) mass is 220 g/mol. The molecule has 2 rings (SSSR count). The number of amides is 1. The topological polar surface area (TPSA) is 83.8 Å². The predicted molar refractivity (Wildman–Crippen MR) is 57.2 cm³/mol. The molecular weight excluding hydrogens is 208 g/mol. The highest BCUT2D eigenvalue weighted by atomic mass is 16.5. The van der Waals surface area contributed by atoms with Gasteiger partial charge >= 0.3 is 0 Å². The van der Waals surface area contributed by atoms with Crippen LogP contribution in [0.2, 0.25) is 0 Å². The van der Waals surface area contributed by atoms with Crippen molar-refractivity contribution in [2.24, 2.45) is 0 Å². The Morgan fingerprint density at radius 1 is 1.62 bits per heavy atom. The summed E-state index contributed by atoms with van der Waals surface area (Å²) in [5.41, 5.74) is 1.66. The van der Waals surface area contributed by atoms with Gasteiger partial charge < -0.3 is 9.84 Å². The second kappa shape index (κ2) is 4.18. The standard InChI is InChI=1S/C10H12N4O2/c1-3-7-4-8(14-13-7)12-10(15)9-6(2)5-11-16-9/h4-5H,3H2,1-2H3,(H2,12,13,14,15). The molecule has 16 heavy (non-hydrogen) atoms. The summed E-state index contributed by atoms with van der Waals surface area (Å²) < 4.78 is 4.83. The van der Waals surface area contributed by atoms with Crippen molar-refractivity contribution in [3.8, 4) is 0 Å². The molecule has 2 aromatic heterocycles. The number of aryl methyl sites for hydroxylation is 2. The van der Waals surface area contributed by atoms with E-state index < -0.39 is 0 Å². The molecule has 0 bridgehead atoms. The van der Waals surface area contributed by atoms with E-state index in [1.54, 1.807) is 13.0 Å². The fraction of sp³-hybridized carbons (Fsp3) is 0.300. The maximum atomic E-state index is 11.7. The predicted octanol–water partition coefficient (Wildman–Crippen LogP) is 1.52. The SMILES string of the molecule is CCc1cc(NC(=O)c2oncc2C)n[nH]1. The summed E-state index contributed by atoms with van der Waals surface area (Å²) in [6.07, 6.45) is 2.33. The third-order valence-electron chi connectivity index (χ3n) is 2.21. The van der Waals surface area contributed by atoms with Gasteiger partial charge in [0, 0.05) is 17.3 Å². The van der Waals surface area contributed by atoms with E-state index in [-0.39, 0.29) is 11.7 Å². The fourth-order valence-corrected chi connectivity index (χ4v) is 1.29. The zero-order valence-electron chi connectivity index (χ0n) is 9.07. The molecule has 0 saturated heterocycles. The maximum Gasteiger partial charge on any atom is 0.295 e. The van der Waals surface area contributed by atoms with Crippen molar-refractivity contribution in [2.75, 3.05) is 5.32 Å². The van der Waals surface area contributed by atoms with Gasteiger partial charge in [0.25, 0.3) is 5.91 Å². The summed E-state index contributed by atoms with van der Waals surface area (Å²) in [7, 11) is 0. The molecular formula is C10H12N4O2. The van der Waals surface area contributed by atoms with E-state index in [1.807, 2.05) is 6.92 Å². The van der Waals surface area contributed by atoms with Crippen LogP contribution < -0.4 is 5.32 Å². The van der Waals surface area contributed by atoms with Crippen molar-refractivity contribution >= 4 is 11.7 Å². The average Bonchev–Trinajstić information content (AvgIpc) is 2.86. The van der Waals surface area contributed by atoms with Crippen molar-refractivity contribution in [2.45, 2.75) is 20.3 Å². The van der Waals surface area contributed by atoms with Gasteiger partial charge in [0.2, 0.25) is 5.76 Å². The lowest BCUT2D eigenvalue weighted by molar-refractivity contribution is 0.0986. The first-order chi connectivity index (χ1) is 7.70. The second-order valence-corrected chi connectivity index (χ2v) is 3.42.